The molecule has 0 aliphatic carbocycles. The molecule has 1 aromatic heterocycles. The van der Waals surface area contributed by atoms with Gasteiger partial charge in [0.2, 0.25) is 5.88 Å². The number of aromatic nitrogens is 2. The lowest BCUT2D eigenvalue weighted by Crippen LogP contribution is -2.24. The van der Waals surface area contributed by atoms with Crippen molar-refractivity contribution in [3.63, 3.8) is 0 Å². The highest BCUT2D eigenvalue weighted by Gasteiger charge is 2.07. The number of hydrogen-bond donors (Lipinski definition) is 0. The van der Waals surface area contributed by atoms with Crippen LogP contribution in [-0.4, -0.2) is 36.5 Å². The van der Waals surface area contributed by atoms with Crippen LogP contribution in [0.15, 0.2) is 60.9 Å². The number of rotatable bonds is 8. The van der Waals surface area contributed by atoms with Gasteiger partial charge in [0.25, 0.3) is 0 Å². The van der Waals surface area contributed by atoms with E-state index >= 15 is 0 Å². The zero-order chi connectivity index (χ0) is 19.1. The second kappa shape index (κ2) is 9.00. The Morgan fingerprint density at radius 3 is 2.44 bits per heavy atom. The largest absolute Gasteiger partial charge is 0.492 e. The van der Waals surface area contributed by atoms with Gasteiger partial charge in [0.05, 0.1) is 6.54 Å². The number of aldehydes is 1. The van der Waals surface area contributed by atoms with Crippen LogP contribution >= 0.6 is 11.6 Å². The Bertz CT molecular complexity index is 886. The second-order valence-electron chi connectivity index (χ2n) is 5.73. The number of nitrogens with zero attached hydrogens (tertiary/aromatic N) is 3. The van der Waals surface area contributed by atoms with E-state index in [2.05, 4.69) is 9.97 Å². The van der Waals surface area contributed by atoms with E-state index in [0.717, 1.165) is 6.29 Å². The fourth-order valence-electron chi connectivity index (χ4n) is 2.28. The molecule has 7 heteroatoms. The molecule has 0 atom stereocenters. The van der Waals surface area contributed by atoms with Crippen LogP contribution < -0.4 is 14.4 Å². The Hall–Kier alpha value is -3.12. The summed E-state index contributed by atoms with van der Waals surface area (Å²) in [5.41, 5.74) is 0.619. The van der Waals surface area contributed by atoms with E-state index in [9.17, 15) is 4.79 Å². The smallest absolute Gasteiger partial charge is 0.224 e. The zero-order valence-corrected chi connectivity index (χ0v) is 15.5. The molecule has 138 valence electrons. The second-order valence-corrected chi connectivity index (χ2v) is 6.16. The van der Waals surface area contributed by atoms with Crippen LogP contribution in [0.3, 0.4) is 0 Å². The molecular weight excluding hydrogens is 366 g/mol. The number of anilines is 1. The van der Waals surface area contributed by atoms with Crippen molar-refractivity contribution >= 4 is 23.7 Å². The molecule has 0 unspecified atom stereocenters. The number of halogens is 1. The predicted molar refractivity (Wildman–Crippen MR) is 104 cm³/mol. The molecule has 3 aromatic rings. The number of benzene rings is 2. The Balaban J connectivity index is 1.55. The van der Waals surface area contributed by atoms with Crippen LogP contribution in [0.5, 0.6) is 17.4 Å². The van der Waals surface area contributed by atoms with Crippen LogP contribution in [0.1, 0.15) is 10.4 Å². The van der Waals surface area contributed by atoms with Crippen molar-refractivity contribution < 1.29 is 14.3 Å². The van der Waals surface area contributed by atoms with Crippen LogP contribution in [0.25, 0.3) is 0 Å². The van der Waals surface area contributed by atoms with Crippen LogP contribution in [0.4, 0.5) is 5.82 Å². The highest BCUT2D eigenvalue weighted by molar-refractivity contribution is 6.30. The number of carbonyl (C=O) groups excluding carboxylic acids is 1. The number of ether oxygens (including phenoxy) is 2. The van der Waals surface area contributed by atoms with E-state index in [1.165, 1.54) is 6.33 Å². The molecule has 0 aliphatic heterocycles. The molecule has 0 radical (unpaired) electrons. The first-order valence-electron chi connectivity index (χ1n) is 8.29. The van der Waals surface area contributed by atoms with Gasteiger partial charge in [-0.2, -0.15) is 0 Å². The summed E-state index contributed by atoms with van der Waals surface area (Å²) in [6.45, 7) is 1.08. The van der Waals surface area contributed by atoms with E-state index in [0.29, 0.717) is 46.9 Å². The number of hydrogen-bond acceptors (Lipinski definition) is 6. The topological polar surface area (TPSA) is 64.5 Å². The van der Waals surface area contributed by atoms with Crippen molar-refractivity contribution in [2.75, 3.05) is 25.1 Å². The van der Waals surface area contributed by atoms with Gasteiger partial charge in [-0.05, 0) is 48.5 Å². The number of likely N-dealkylation sites (N-methyl/N-ethyl adjacent to an activating group) is 1. The molecule has 6 nitrogen and oxygen atoms in total. The van der Waals surface area contributed by atoms with Crippen molar-refractivity contribution in [2.45, 2.75) is 0 Å². The molecule has 0 bridgehead atoms. The maximum atomic E-state index is 10.7. The molecule has 0 amide bonds. The van der Waals surface area contributed by atoms with E-state index in [1.807, 2.05) is 11.9 Å². The summed E-state index contributed by atoms with van der Waals surface area (Å²) in [5.74, 6) is 2.52. The van der Waals surface area contributed by atoms with Gasteiger partial charge >= 0.3 is 0 Å². The highest BCUT2D eigenvalue weighted by Crippen LogP contribution is 2.23. The molecule has 0 N–H and O–H groups in total. The summed E-state index contributed by atoms with van der Waals surface area (Å²) in [6, 6.07) is 15.8. The van der Waals surface area contributed by atoms with Crippen molar-refractivity contribution in [1.29, 1.82) is 0 Å². The summed E-state index contributed by atoms with van der Waals surface area (Å²) in [7, 11) is 1.91. The van der Waals surface area contributed by atoms with Gasteiger partial charge in [-0.3, -0.25) is 4.79 Å². The lowest BCUT2D eigenvalue weighted by atomic mass is 10.2. The van der Waals surface area contributed by atoms with E-state index in [-0.39, 0.29) is 0 Å². The molecule has 0 fully saturated rings. The van der Waals surface area contributed by atoms with Gasteiger partial charge in [0.15, 0.2) is 0 Å². The van der Waals surface area contributed by atoms with Crippen LogP contribution in [-0.2, 0) is 0 Å². The Labute approximate surface area is 162 Å². The van der Waals surface area contributed by atoms with Crippen molar-refractivity contribution in [3.05, 3.63) is 71.5 Å². The fraction of sp³-hybridized carbons (Fsp3) is 0.150. The van der Waals surface area contributed by atoms with E-state index in [4.69, 9.17) is 21.1 Å². The number of carbonyl (C=O) groups is 1. The Morgan fingerprint density at radius 2 is 1.74 bits per heavy atom. The first kappa shape index (κ1) is 18.7. The van der Waals surface area contributed by atoms with Crippen molar-refractivity contribution in [1.82, 2.24) is 9.97 Å². The monoisotopic (exact) mass is 383 g/mol. The molecular formula is C20H18ClN3O3. The summed E-state index contributed by atoms with van der Waals surface area (Å²) in [6.07, 6.45) is 2.26. The SMILES string of the molecule is CN(CCOc1ccc(C=O)cc1)c1cc(Oc2ccc(Cl)cc2)ncn1. The van der Waals surface area contributed by atoms with E-state index in [1.54, 1.807) is 54.6 Å². The lowest BCUT2D eigenvalue weighted by molar-refractivity contribution is 0.112. The van der Waals surface area contributed by atoms with Gasteiger partial charge < -0.3 is 14.4 Å². The third-order valence-electron chi connectivity index (χ3n) is 3.77. The van der Waals surface area contributed by atoms with Crippen LogP contribution in [0.2, 0.25) is 5.02 Å². The predicted octanol–water partition coefficient (Wildman–Crippen LogP) is 4.25. The third-order valence-corrected chi connectivity index (χ3v) is 4.02. The minimum Gasteiger partial charge on any atom is -0.492 e. The third kappa shape index (κ3) is 5.43. The average Bonchev–Trinajstić information content (AvgIpc) is 2.70. The van der Waals surface area contributed by atoms with E-state index < -0.39 is 0 Å². The van der Waals surface area contributed by atoms with Gasteiger partial charge in [-0.25, -0.2) is 9.97 Å². The Kier molecular flexibility index (Phi) is 6.22. The summed E-state index contributed by atoms with van der Waals surface area (Å²) < 4.78 is 11.4. The first-order chi connectivity index (χ1) is 13.1. The normalized spacial score (nSPS) is 10.3. The van der Waals surface area contributed by atoms with Crippen LogP contribution in [0, 0.1) is 0 Å². The molecule has 3 rings (SSSR count). The summed E-state index contributed by atoms with van der Waals surface area (Å²) >= 11 is 5.87. The molecule has 0 saturated heterocycles. The zero-order valence-electron chi connectivity index (χ0n) is 14.7. The summed E-state index contributed by atoms with van der Waals surface area (Å²) in [4.78, 5) is 21.0. The maximum Gasteiger partial charge on any atom is 0.224 e. The summed E-state index contributed by atoms with van der Waals surface area (Å²) in [5, 5.41) is 0.645. The van der Waals surface area contributed by atoms with Gasteiger partial charge in [-0.15, -0.1) is 0 Å². The van der Waals surface area contributed by atoms with Crippen molar-refractivity contribution in [2.24, 2.45) is 0 Å². The fourth-order valence-corrected chi connectivity index (χ4v) is 2.40. The van der Waals surface area contributed by atoms with Gasteiger partial charge in [-0.1, -0.05) is 11.6 Å². The van der Waals surface area contributed by atoms with Gasteiger partial charge in [0, 0.05) is 23.7 Å². The minimum atomic E-state index is 0.444. The van der Waals surface area contributed by atoms with Crippen molar-refractivity contribution in [3.8, 4) is 17.4 Å². The Morgan fingerprint density at radius 1 is 1.04 bits per heavy atom. The standard InChI is InChI=1S/C20H18ClN3O3/c1-24(10-11-26-17-6-2-15(13-25)3-7-17)19-12-20(23-14-22-19)27-18-8-4-16(21)5-9-18/h2-9,12-14H,10-11H2,1H3. The first-order valence-corrected chi connectivity index (χ1v) is 8.66. The highest BCUT2D eigenvalue weighted by atomic mass is 35.5. The average molecular weight is 384 g/mol. The minimum absolute atomic E-state index is 0.444. The molecule has 0 spiro atoms. The molecule has 0 saturated carbocycles. The lowest BCUT2D eigenvalue weighted by Gasteiger charge is -2.18. The maximum absolute atomic E-state index is 10.7. The van der Waals surface area contributed by atoms with Gasteiger partial charge in [0.1, 0.15) is 36.5 Å². The quantitative estimate of drug-likeness (QED) is 0.542. The molecule has 27 heavy (non-hydrogen) atoms. The molecule has 1 heterocycles. The molecule has 2 aromatic carbocycles. The molecule has 0 aliphatic rings.